The summed E-state index contributed by atoms with van der Waals surface area (Å²) in [6.45, 7) is 8.74. The van der Waals surface area contributed by atoms with Crippen LogP contribution >= 0.6 is 12.6 Å². The molecule has 0 radical (unpaired) electrons. The van der Waals surface area contributed by atoms with Crippen LogP contribution in [-0.4, -0.2) is 11.8 Å². The predicted molar refractivity (Wildman–Crippen MR) is 70.3 cm³/mol. The van der Waals surface area contributed by atoms with Gasteiger partial charge in [-0.25, -0.2) is 4.85 Å². The first-order valence-electron chi connectivity index (χ1n) is 5.43. The van der Waals surface area contributed by atoms with Crippen molar-refractivity contribution in [2.45, 2.75) is 19.1 Å². The molecule has 2 atom stereocenters. The number of nitrogens with zero attached hydrogens (tertiary/aromatic N) is 1. The fraction of sp³-hybridized carbons (Fsp3) is 0.308. The molecular weight excluding hydrogens is 232 g/mol. The largest absolute Gasteiger partial charge is 0.478 e. The van der Waals surface area contributed by atoms with Gasteiger partial charge in [0.05, 0.1) is 12.6 Å². The molecule has 0 amide bonds. The van der Waals surface area contributed by atoms with Crippen LogP contribution in [0.3, 0.4) is 0 Å². The summed E-state index contributed by atoms with van der Waals surface area (Å²) in [7, 11) is 0. The Morgan fingerprint density at radius 2 is 2.18 bits per heavy atom. The van der Waals surface area contributed by atoms with Crippen molar-refractivity contribution in [2.75, 3.05) is 5.75 Å². The topological polar surface area (TPSA) is 25.6 Å². The highest BCUT2D eigenvalue weighted by atomic mass is 32.1. The Labute approximate surface area is 107 Å². The fourth-order valence-electron chi connectivity index (χ4n) is 1.81. The van der Waals surface area contributed by atoms with Crippen LogP contribution in [0.15, 0.2) is 41.9 Å². The van der Waals surface area contributed by atoms with Gasteiger partial charge in [-0.15, -0.1) is 0 Å². The molecule has 1 aliphatic heterocycles. The van der Waals surface area contributed by atoms with Crippen LogP contribution in [0.25, 0.3) is 4.85 Å². The van der Waals surface area contributed by atoms with Gasteiger partial charge in [0.25, 0.3) is 0 Å². The van der Waals surface area contributed by atoms with E-state index in [0.717, 1.165) is 5.56 Å². The minimum absolute atomic E-state index is 0.0691. The van der Waals surface area contributed by atoms with E-state index in [1.165, 1.54) is 0 Å². The molecule has 4 heteroatoms. The number of benzene rings is 1. The minimum Gasteiger partial charge on any atom is -0.478 e. The van der Waals surface area contributed by atoms with Gasteiger partial charge in [-0.2, -0.15) is 12.6 Å². The van der Waals surface area contributed by atoms with Gasteiger partial charge in [0.1, 0.15) is 6.10 Å². The molecule has 3 nitrogen and oxygen atoms in total. The van der Waals surface area contributed by atoms with Gasteiger partial charge in [0.2, 0.25) is 5.70 Å². The fourth-order valence-corrected chi connectivity index (χ4v) is 2.09. The number of thiol groups is 1. The molecule has 1 aliphatic rings. The van der Waals surface area contributed by atoms with E-state index in [1.54, 1.807) is 6.92 Å². The molecule has 17 heavy (non-hydrogen) atoms. The van der Waals surface area contributed by atoms with Crippen molar-refractivity contribution in [1.29, 1.82) is 0 Å². The molecule has 2 unspecified atom stereocenters. The summed E-state index contributed by atoms with van der Waals surface area (Å²) in [4.78, 5) is 3.38. The number of allylic oxidation sites excluding steroid dienone is 1. The SMILES string of the molecule is [C-]#[N+]/C(C)=C1/NC(CS)C(c2ccccc2)O1. The average Bonchev–Trinajstić information content (AvgIpc) is 2.83. The molecule has 1 aromatic carbocycles. The van der Waals surface area contributed by atoms with Gasteiger partial charge in [0, 0.05) is 5.75 Å². The van der Waals surface area contributed by atoms with Crippen molar-refractivity contribution in [3.05, 3.63) is 58.9 Å². The number of nitrogens with one attached hydrogen (secondary N) is 1. The summed E-state index contributed by atoms with van der Waals surface area (Å²) in [6, 6.07) is 10.1. The van der Waals surface area contributed by atoms with Crippen molar-refractivity contribution >= 4 is 12.6 Å². The predicted octanol–water partition coefficient (Wildman–Crippen LogP) is 2.75. The molecule has 1 heterocycles. The van der Waals surface area contributed by atoms with E-state index >= 15 is 0 Å². The minimum atomic E-state index is -0.0691. The quantitative estimate of drug-likeness (QED) is 0.620. The lowest BCUT2D eigenvalue weighted by Crippen LogP contribution is -2.27. The molecule has 1 N–H and O–H groups in total. The number of rotatable bonds is 2. The van der Waals surface area contributed by atoms with E-state index in [1.807, 2.05) is 30.3 Å². The van der Waals surface area contributed by atoms with Gasteiger partial charge in [-0.3, -0.25) is 0 Å². The molecule has 0 spiro atoms. The molecule has 88 valence electrons. The zero-order valence-electron chi connectivity index (χ0n) is 9.55. The molecule has 0 aliphatic carbocycles. The standard InChI is InChI=1S/C13H14N2OS/c1-9(14-2)13-15-11(8-17)12(16-13)10-6-4-3-5-7-10/h3-7,11-12,15,17H,8H2,1H3/b13-9-. The maximum atomic E-state index is 6.99. The van der Waals surface area contributed by atoms with Gasteiger partial charge in [0.15, 0.2) is 5.88 Å². The zero-order valence-corrected chi connectivity index (χ0v) is 10.4. The van der Waals surface area contributed by atoms with Crippen LogP contribution in [0.1, 0.15) is 18.6 Å². The normalized spacial score (nSPS) is 25.7. The molecule has 1 saturated heterocycles. The Kier molecular flexibility index (Phi) is 3.60. The highest BCUT2D eigenvalue weighted by molar-refractivity contribution is 7.80. The molecule has 0 saturated carbocycles. The van der Waals surface area contributed by atoms with Crippen molar-refractivity contribution in [3.63, 3.8) is 0 Å². The summed E-state index contributed by atoms with van der Waals surface area (Å²) in [5.41, 5.74) is 1.65. The lowest BCUT2D eigenvalue weighted by molar-refractivity contribution is 0.154. The van der Waals surface area contributed by atoms with E-state index in [-0.39, 0.29) is 12.1 Å². The first-order valence-corrected chi connectivity index (χ1v) is 6.07. The highest BCUT2D eigenvalue weighted by Crippen LogP contribution is 2.31. The highest BCUT2D eigenvalue weighted by Gasteiger charge is 2.32. The third-order valence-electron chi connectivity index (χ3n) is 2.75. The number of ether oxygens (including phenoxy) is 1. The summed E-state index contributed by atoms with van der Waals surface area (Å²) >= 11 is 4.32. The van der Waals surface area contributed by atoms with E-state index < -0.39 is 0 Å². The smallest absolute Gasteiger partial charge is 0.219 e. The van der Waals surface area contributed by atoms with Gasteiger partial charge in [-0.05, 0) is 12.5 Å². The lowest BCUT2D eigenvalue weighted by atomic mass is 10.0. The summed E-state index contributed by atoms with van der Waals surface area (Å²) in [5.74, 6) is 1.24. The molecule has 0 bridgehead atoms. The molecule has 1 fully saturated rings. The third kappa shape index (κ3) is 2.40. The molecular formula is C13H14N2OS. The van der Waals surface area contributed by atoms with Crippen LogP contribution in [0, 0.1) is 6.57 Å². The third-order valence-corrected chi connectivity index (χ3v) is 3.14. The number of hydrogen-bond acceptors (Lipinski definition) is 3. The van der Waals surface area contributed by atoms with Crippen LogP contribution in [0.4, 0.5) is 0 Å². The number of hydrogen-bond donors (Lipinski definition) is 2. The maximum absolute atomic E-state index is 6.99. The molecule has 2 rings (SSSR count). The zero-order chi connectivity index (χ0) is 12.3. The van der Waals surface area contributed by atoms with Crippen LogP contribution < -0.4 is 5.32 Å². The second kappa shape index (κ2) is 5.15. The second-order valence-corrected chi connectivity index (χ2v) is 4.27. The van der Waals surface area contributed by atoms with E-state index in [4.69, 9.17) is 11.3 Å². The Morgan fingerprint density at radius 3 is 2.76 bits per heavy atom. The summed E-state index contributed by atoms with van der Waals surface area (Å²) in [5, 5.41) is 3.21. The Balaban J connectivity index is 2.28. The van der Waals surface area contributed by atoms with Crippen molar-refractivity contribution in [2.24, 2.45) is 0 Å². The van der Waals surface area contributed by atoms with Crippen LogP contribution in [0.2, 0.25) is 0 Å². The Morgan fingerprint density at radius 1 is 1.47 bits per heavy atom. The van der Waals surface area contributed by atoms with E-state index in [2.05, 4.69) is 22.8 Å². The Hall–Kier alpha value is -1.60. The van der Waals surface area contributed by atoms with Crippen molar-refractivity contribution in [1.82, 2.24) is 5.32 Å². The van der Waals surface area contributed by atoms with Gasteiger partial charge < -0.3 is 10.1 Å². The Bertz CT molecular complexity index is 464. The van der Waals surface area contributed by atoms with Crippen LogP contribution in [-0.2, 0) is 4.74 Å². The van der Waals surface area contributed by atoms with E-state index in [9.17, 15) is 0 Å². The lowest BCUT2D eigenvalue weighted by Gasteiger charge is -2.15. The van der Waals surface area contributed by atoms with Crippen molar-refractivity contribution in [3.8, 4) is 0 Å². The summed E-state index contributed by atoms with van der Waals surface area (Å²) in [6.07, 6.45) is -0.0691. The van der Waals surface area contributed by atoms with Gasteiger partial charge >= 0.3 is 0 Å². The monoisotopic (exact) mass is 246 g/mol. The maximum Gasteiger partial charge on any atom is 0.219 e. The van der Waals surface area contributed by atoms with Crippen molar-refractivity contribution < 1.29 is 4.74 Å². The first-order chi connectivity index (χ1) is 8.26. The van der Waals surface area contributed by atoms with Crippen LogP contribution in [0.5, 0.6) is 0 Å². The average molecular weight is 246 g/mol. The first kappa shape index (κ1) is 11.9. The molecule has 0 aromatic heterocycles. The second-order valence-electron chi connectivity index (χ2n) is 3.91. The van der Waals surface area contributed by atoms with Gasteiger partial charge in [-0.1, -0.05) is 30.3 Å². The molecule has 1 aromatic rings. The summed E-state index contributed by atoms with van der Waals surface area (Å²) < 4.78 is 5.81. The van der Waals surface area contributed by atoms with E-state index in [0.29, 0.717) is 17.3 Å².